The summed E-state index contributed by atoms with van der Waals surface area (Å²) in [6, 6.07) is 0. The molecule has 0 aliphatic heterocycles. The van der Waals surface area contributed by atoms with Crippen molar-refractivity contribution in [1.82, 2.24) is 0 Å². The van der Waals surface area contributed by atoms with E-state index in [1.165, 1.54) is 32.1 Å². The van der Waals surface area contributed by atoms with Gasteiger partial charge in [-0.25, -0.2) is 0 Å². The Morgan fingerprint density at radius 3 is 2.00 bits per heavy atom. The second-order valence-corrected chi connectivity index (χ2v) is 6.04. The monoisotopic (exact) mass is 214 g/mol. The zero-order valence-corrected chi connectivity index (χ0v) is 12.5. The van der Waals surface area contributed by atoms with Crippen LogP contribution in [0.5, 0.6) is 0 Å². The van der Waals surface area contributed by atoms with Gasteiger partial charge in [0.1, 0.15) is 10.5 Å². The predicted octanol–water partition coefficient (Wildman–Crippen LogP) is 2.67. The number of rotatable bonds is 3. The maximum Gasteiger partial charge on any atom is 0.146 e. The molecule has 14 heavy (non-hydrogen) atoms. The smallest absolute Gasteiger partial charge is 0.146 e. The molecule has 1 nitrogen and oxygen atoms in total. The third-order valence-corrected chi connectivity index (χ3v) is 5.45. The highest BCUT2D eigenvalue weighted by Crippen LogP contribution is 2.48. The average molecular weight is 214 g/mol. The molecule has 0 aromatic heterocycles. The van der Waals surface area contributed by atoms with E-state index < -0.39 is 0 Å². The molecule has 0 spiro atoms. The van der Waals surface area contributed by atoms with Crippen molar-refractivity contribution in [3.05, 3.63) is 0 Å². The molecule has 0 unspecified atom stereocenters. The minimum absolute atomic E-state index is 0.200. The molecule has 1 aliphatic carbocycles. The summed E-state index contributed by atoms with van der Waals surface area (Å²) in [7, 11) is 0.881. The third-order valence-electron chi connectivity index (χ3n) is 4.67. The Kier molecular flexibility index (Phi) is 3.81. The molecule has 0 aromatic rings. The highest BCUT2D eigenvalue weighted by atomic mass is 28.2. The lowest BCUT2D eigenvalue weighted by molar-refractivity contribution is -0.0887. The van der Waals surface area contributed by atoms with Gasteiger partial charge in [0.2, 0.25) is 0 Å². The van der Waals surface area contributed by atoms with Gasteiger partial charge in [0.15, 0.2) is 0 Å². The van der Waals surface area contributed by atoms with Crippen molar-refractivity contribution in [3.8, 4) is 0 Å². The fourth-order valence-electron chi connectivity index (χ4n) is 2.76. The van der Waals surface area contributed by atoms with Gasteiger partial charge in [-0.05, 0) is 24.2 Å². The summed E-state index contributed by atoms with van der Waals surface area (Å²) in [4.78, 5) is 0. The van der Waals surface area contributed by atoms with Gasteiger partial charge in [-0.1, -0.05) is 47.0 Å². The maximum absolute atomic E-state index is 6.04. The Morgan fingerprint density at radius 2 is 1.64 bits per heavy atom. The number of hydrogen-bond donors (Lipinski definition) is 0. The molecular formula is C12H26OSi. The van der Waals surface area contributed by atoms with Gasteiger partial charge in [-0.2, -0.15) is 0 Å². The molecule has 0 atom stereocenters. The van der Waals surface area contributed by atoms with Crippen LogP contribution in [-0.2, 0) is 4.43 Å². The Morgan fingerprint density at radius 1 is 1.14 bits per heavy atom. The molecule has 1 rings (SSSR count). The van der Waals surface area contributed by atoms with E-state index in [1.807, 2.05) is 0 Å². The van der Waals surface area contributed by atoms with Gasteiger partial charge < -0.3 is 4.43 Å². The van der Waals surface area contributed by atoms with Crippen LogP contribution in [-0.4, -0.2) is 16.1 Å². The van der Waals surface area contributed by atoms with Crippen LogP contribution in [0.2, 0.25) is 0 Å². The zero-order chi connectivity index (χ0) is 10.8. The Bertz CT molecular complexity index is 181. The Labute approximate surface area is 92.2 Å². The van der Waals surface area contributed by atoms with Crippen LogP contribution in [0.25, 0.3) is 0 Å². The van der Waals surface area contributed by atoms with Gasteiger partial charge in [0.25, 0.3) is 0 Å². The van der Waals surface area contributed by atoms with Crippen LogP contribution in [0.3, 0.4) is 0 Å². The molecule has 0 saturated heterocycles. The number of hydrogen-bond acceptors (Lipinski definition) is 1. The molecule has 0 radical (unpaired) electrons. The van der Waals surface area contributed by atoms with Gasteiger partial charge in [0, 0.05) is 0 Å². The van der Waals surface area contributed by atoms with Crippen molar-refractivity contribution < 1.29 is 4.43 Å². The molecule has 84 valence electrons. The van der Waals surface area contributed by atoms with E-state index in [2.05, 4.69) is 27.7 Å². The summed E-state index contributed by atoms with van der Waals surface area (Å²) in [6.07, 6.45) is 6.68. The van der Waals surface area contributed by atoms with Crippen LogP contribution < -0.4 is 0 Å². The first kappa shape index (κ1) is 12.2. The molecular weight excluding hydrogens is 188 g/mol. The SMILES string of the molecule is CC(C)C(C)(C)C1(O[SiH3])CCCCC1. The van der Waals surface area contributed by atoms with E-state index in [1.54, 1.807) is 0 Å². The van der Waals surface area contributed by atoms with E-state index in [-0.39, 0.29) is 5.60 Å². The average Bonchev–Trinajstić information content (AvgIpc) is 2.18. The summed E-state index contributed by atoms with van der Waals surface area (Å²) in [5, 5.41) is 0. The van der Waals surface area contributed by atoms with Gasteiger partial charge in [0.05, 0.1) is 5.60 Å². The lowest BCUT2D eigenvalue weighted by Crippen LogP contribution is -2.50. The molecule has 0 N–H and O–H groups in total. The molecule has 1 fully saturated rings. The topological polar surface area (TPSA) is 9.23 Å². The third kappa shape index (κ3) is 1.92. The zero-order valence-electron chi connectivity index (χ0n) is 10.5. The van der Waals surface area contributed by atoms with Crippen LogP contribution in [0.15, 0.2) is 0 Å². The fourth-order valence-corrected chi connectivity index (χ4v) is 3.69. The van der Waals surface area contributed by atoms with Crippen LogP contribution >= 0.6 is 0 Å². The molecule has 1 saturated carbocycles. The highest BCUT2D eigenvalue weighted by Gasteiger charge is 2.46. The molecule has 2 heteroatoms. The van der Waals surface area contributed by atoms with Crippen LogP contribution in [0.4, 0.5) is 0 Å². The second-order valence-electron chi connectivity index (χ2n) is 5.64. The van der Waals surface area contributed by atoms with Crippen LogP contribution in [0.1, 0.15) is 59.8 Å². The van der Waals surface area contributed by atoms with Gasteiger partial charge in [-0.15, -0.1) is 0 Å². The largest absolute Gasteiger partial charge is 0.422 e. The fraction of sp³-hybridized carbons (Fsp3) is 1.00. The minimum Gasteiger partial charge on any atom is -0.422 e. The van der Waals surface area contributed by atoms with Crippen molar-refractivity contribution in [2.24, 2.45) is 11.3 Å². The quantitative estimate of drug-likeness (QED) is 0.656. The predicted molar refractivity (Wildman–Crippen MR) is 65.5 cm³/mol. The van der Waals surface area contributed by atoms with E-state index in [4.69, 9.17) is 4.43 Å². The molecule has 0 aromatic carbocycles. The lowest BCUT2D eigenvalue weighted by atomic mass is 9.62. The van der Waals surface area contributed by atoms with Gasteiger partial charge in [-0.3, -0.25) is 0 Å². The summed E-state index contributed by atoms with van der Waals surface area (Å²) in [5.74, 6) is 0.703. The van der Waals surface area contributed by atoms with E-state index in [0.29, 0.717) is 11.3 Å². The maximum atomic E-state index is 6.04. The molecule has 0 amide bonds. The van der Waals surface area contributed by atoms with Crippen molar-refractivity contribution in [3.63, 3.8) is 0 Å². The van der Waals surface area contributed by atoms with Crippen LogP contribution in [0, 0.1) is 11.3 Å². The van der Waals surface area contributed by atoms with Crippen molar-refractivity contribution in [1.29, 1.82) is 0 Å². The first-order chi connectivity index (χ1) is 6.46. The first-order valence-corrected chi connectivity index (χ1v) is 6.83. The van der Waals surface area contributed by atoms with Crippen molar-refractivity contribution in [2.45, 2.75) is 65.4 Å². The highest BCUT2D eigenvalue weighted by molar-refractivity contribution is 5.98. The summed E-state index contributed by atoms with van der Waals surface area (Å²) in [6.45, 7) is 9.44. The van der Waals surface area contributed by atoms with E-state index in [0.717, 1.165) is 10.5 Å². The Hall–Kier alpha value is 0.177. The minimum atomic E-state index is 0.200. The standard InChI is InChI=1S/C12H26OSi/c1-10(2)11(3,4)12(13-14)8-6-5-7-9-12/h10H,5-9H2,1-4,14H3. The van der Waals surface area contributed by atoms with Crippen molar-refractivity contribution >= 4 is 10.5 Å². The lowest BCUT2D eigenvalue weighted by Gasteiger charge is -2.51. The molecule has 1 aliphatic rings. The molecule has 0 bridgehead atoms. The van der Waals surface area contributed by atoms with Crippen molar-refractivity contribution in [2.75, 3.05) is 0 Å². The van der Waals surface area contributed by atoms with Gasteiger partial charge >= 0.3 is 0 Å². The normalized spacial score (nSPS) is 22.9. The summed E-state index contributed by atoms with van der Waals surface area (Å²) in [5.41, 5.74) is 0.529. The van der Waals surface area contributed by atoms with E-state index in [9.17, 15) is 0 Å². The first-order valence-electron chi connectivity index (χ1n) is 6.01. The summed E-state index contributed by atoms with van der Waals surface area (Å²) < 4.78 is 6.04. The molecule has 0 heterocycles. The summed E-state index contributed by atoms with van der Waals surface area (Å²) >= 11 is 0. The second kappa shape index (κ2) is 4.36. The van der Waals surface area contributed by atoms with E-state index >= 15 is 0 Å². The Balaban J connectivity index is 2.86.